The summed E-state index contributed by atoms with van der Waals surface area (Å²) in [5.41, 5.74) is 2.98. The highest BCUT2D eigenvalue weighted by Crippen LogP contribution is 2.24. The molecule has 1 N–H and O–H groups in total. The Bertz CT molecular complexity index is 1580. The number of hydrogen-bond acceptors (Lipinski definition) is 6. The summed E-state index contributed by atoms with van der Waals surface area (Å²) in [6.07, 6.45) is 0. The molecular formula is C25H18FN5O2S. The number of nitrogens with zero attached hydrogens (tertiary/aromatic N) is 4. The van der Waals surface area contributed by atoms with E-state index < -0.39 is 5.56 Å². The molecule has 0 aliphatic carbocycles. The molecule has 0 aliphatic heterocycles. The quantitative estimate of drug-likeness (QED) is 0.231. The van der Waals surface area contributed by atoms with Gasteiger partial charge in [-0.05, 0) is 43.3 Å². The van der Waals surface area contributed by atoms with Crippen molar-refractivity contribution in [2.24, 2.45) is 0 Å². The molecule has 0 saturated carbocycles. The number of amides is 1. The molecule has 7 nitrogen and oxygen atoms in total. The van der Waals surface area contributed by atoms with Crippen molar-refractivity contribution >= 4 is 39.9 Å². The molecule has 0 atom stereocenters. The van der Waals surface area contributed by atoms with E-state index in [0.717, 1.165) is 5.56 Å². The molecule has 5 aromatic rings. The minimum absolute atomic E-state index is 0.0332. The second-order valence-electron chi connectivity index (χ2n) is 7.62. The third kappa shape index (κ3) is 4.38. The molecule has 0 unspecified atom stereocenters. The molecule has 0 saturated heterocycles. The van der Waals surface area contributed by atoms with Crippen molar-refractivity contribution in [2.45, 2.75) is 12.1 Å². The van der Waals surface area contributed by atoms with Gasteiger partial charge in [0.2, 0.25) is 5.91 Å². The number of benzene rings is 3. The fourth-order valence-corrected chi connectivity index (χ4v) is 4.20. The van der Waals surface area contributed by atoms with Crippen molar-refractivity contribution in [3.63, 3.8) is 0 Å². The first kappa shape index (κ1) is 21.7. The van der Waals surface area contributed by atoms with Gasteiger partial charge >= 0.3 is 0 Å². The molecule has 1 amide bonds. The molecule has 5 rings (SSSR count). The second kappa shape index (κ2) is 9.03. The van der Waals surface area contributed by atoms with Crippen LogP contribution in [-0.4, -0.2) is 31.2 Å². The predicted octanol–water partition coefficient (Wildman–Crippen LogP) is 4.48. The van der Waals surface area contributed by atoms with Gasteiger partial charge in [0, 0.05) is 16.6 Å². The Morgan fingerprint density at radius 2 is 1.74 bits per heavy atom. The summed E-state index contributed by atoms with van der Waals surface area (Å²) in [4.78, 5) is 34.3. The summed E-state index contributed by atoms with van der Waals surface area (Å²) in [5, 5.41) is 8.41. The van der Waals surface area contributed by atoms with E-state index in [2.05, 4.69) is 20.4 Å². The number of halogens is 1. The van der Waals surface area contributed by atoms with Gasteiger partial charge in [-0.3, -0.25) is 9.59 Å². The minimum Gasteiger partial charge on any atom is -0.325 e. The van der Waals surface area contributed by atoms with Crippen LogP contribution in [0.1, 0.15) is 5.56 Å². The monoisotopic (exact) mass is 471 g/mol. The molecule has 0 aliphatic rings. The number of thioether (sulfide) groups is 1. The fraction of sp³-hybridized carbons (Fsp3) is 0.0800. The zero-order valence-corrected chi connectivity index (χ0v) is 18.8. The first-order valence-electron chi connectivity index (χ1n) is 10.4. The van der Waals surface area contributed by atoms with Gasteiger partial charge in [-0.25, -0.2) is 9.37 Å². The van der Waals surface area contributed by atoms with E-state index in [9.17, 15) is 14.0 Å². The van der Waals surface area contributed by atoms with Gasteiger partial charge in [0.15, 0.2) is 16.5 Å². The summed E-state index contributed by atoms with van der Waals surface area (Å²) in [7, 11) is 0. The van der Waals surface area contributed by atoms with Gasteiger partial charge < -0.3 is 5.32 Å². The van der Waals surface area contributed by atoms with Gasteiger partial charge in [-0.1, -0.05) is 53.7 Å². The molecule has 168 valence electrons. The van der Waals surface area contributed by atoms with Crippen LogP contribution in [-0.2, 0) is 4.79 Å². The summed E-state index contributed by atoms with van der Waals surface area (Å²) < 4.78 is 14.6. The van der Waals surface area contributed by atoms with E-state index in [4.69, 9.17) is 0 Å². The van der Waals surface area contributed by atoms with Crippen LogP contribution in [0, 0.1) is 12.7 Å². The number of hydrogen-bond donors (Lipinski definition) is 1. The van der Waals surface area contributed by atoms with Crippen molar-refractivity contribution in [3.8, 4) is 11.3 Å². The maximum Gasteiger partial charge on any atom is 0.300 e. The van der Waals surface area contributed by atoms with Crippen LogP contribution in [0.15, 0.2) is 82.7 Å². The zero-order chi connectivity index (χ0) is 23.7. The molecule has 9 heteroatoms. The average Bonchev–Trinajstić information content (AvgIpc) is 2.84. The first-order valence-corrected chi connectivity index (χ1v) is 11.4. The Labute approximate surface area is 197 Å². The number of aromatic nitrogens is 4. The van der Waals surface area contributed by atoms with Crippen LogP contribution in [0.2, 0.25) is 0 Å². The Morgan fingerprint density at radius 3 is 2.50 bits per heavy atom. The zero-order valence-electron chi connectivity index (χ0n) is 18.0. The third-order valence-corrected chi connectivity index (χ3v) is 6.07. The highest BCUT2D eigenvalue weighted by Gasteiger charge is 2.16. The average molecular weight is 472 g/mol. The summed E-state index contributed by atoms with van der Waals surface area (Å²) in [6, 6.07) is 20.3. The number of aryl methyl sites for hydroxylation is 1. The van der Waals surface area contributed by atoms with Gasteiger partial charge in [0.05, 0.1) is 11.3 Å². The van der Waals surface area contributed by atoms with Crippen molar-refractivity contribution < 1.29 is 9.18 Å². The number of fused-ring (bicyclic) bond motifs is 3. The summed E-state index contributed by atoms with van der Waals surface area (Å²) in [6.45, 7) is 1.96. The number of nitrogens with one attached hydrogen (secondary N) is 1. The van der Waals surface area contributed by atoms with E-state index >= 15 is 0 Å². The number of rotatable bonds is 5. The van der Waals surface area contributed by atoms with E-state index in [1.807, 2.05) is 55.5 Å². The highest BCUT2D eigenvalue weighted by atomic mass is 32.2. The standard InChI is InChI=1S/C25H18FN5O2S/c1-15-6-8-16(9-7-15)22-24(33)29-23-19-4-2-3-5-20(19)28-25(31(23)30-22)34-14-21(32)27-18-12-10-17(26)11-13-18/h2-13H,14H2,1H3,(H,27,32). The van der Waals surface area contributed by atoms with Crippen molar-refractivity contribution in [3.05, 3.63) is 94.5 Å². The van der Waals surface area contributed by atoms with Crippen LogP contribution in [0.4, 0.5) is 10.1 Å². The van der Waals surface area contributed by atoms with Crippen LogP contribution in [0.3, 0.4) is 0 Å². The molecular weight excluding hydrogens is 453 g/mol. The second-order valence-corrected chi connectivity index (χ2v) is 8.56. The normalized spacial score (nSPS) is 11.1. The molecule has 34 heavy (non-hydrogen) atoms. The molecule has 0 spiro atoms. The topological polar surface area (TPSA) is 89.2 Å². The first-order chi connectivity index (χ1) is 16.5. The summed E-state index contributed by atoms with van der Waals surface area (Å²) in [5.74, 6) is -0.630. The molecule has 0 fully saturated rings. The van der Waals surface area contributed by atoms with E-state index in [0.29, 0.717) is 33.0 Å². The smallest absolute Gasteiger partial charge is 0.300 e. The Balaban J connectivity index is 1.54. The largest absolute Gasteiger partial charge is 0.325 e. The van der Waals surface area contributed by atoms with Gasteiger partial charge in [0.1, 0.15) is 5.82 Å². The van der Waals surface area contributed by atoms with Crippen LogP contribution in [0.25, 0.3) is 27.8 Å². The number of para-hydroxylation sites is 1. The molecule has 0 bridgehead atoms. The molecule has 3 aromatic carbocycles. The summed E-state index contributed by atoms with van der Waals surface area (Å²) >= 11 is 1.17. The maximum absolute atomic E-state index is 13.1. The van der Waals surface area contributed by atoms with Gasteiger partial charge in [0.25, 0.3) is 5.56 Å². The van der Waals surface area contributed by atoms with Crippen molar-refractivity contribution in [1.82, 2.24) is 19.6 Å². The van der Waals surface area contributed by atoms with Gasteiger partial charge in [-0.2, -0.15) is 14.6 Å². The Hall–Kier alpha value is -4.11. The van der Waals surface area contributed by atoms with Crippen LogP contribution in [0.5, 0.6) is 0 Å². The fourth-order valence-electron chi connectivity index (χ4n) is 3.45. The lowest BCUT2D eigenvalue weighted by Gasteiger charge is -2.11. The van der Waals surface area contributed by atoms with E-state index in [-0.39, 0.29) is 23.2 Å². The third-order valence-electron chi connectivity index (χ3n) is 5.14. The minimum atomic E-state index is -0.440. The highest BCUT2D eigenvalue weighted by molar-refractivity contribution is 7.99. The Kier molecular flexibility index (Phi) is 5.77. The van der Waals surface area contributed by atoms with Crippen LogP contribution < -0.4 is 10.9 Å². The number of carbonyl (C=O) groups is 1. The maximum atomic E-state index is 13.1. The molecule has 2 aromatic heterocycles. The van der Waals surface area contributed by atoms with Gasteiger partial charge in [-0.15, -0.1) is 0 Å². The Morgan fingerprint density at radius 1 is 1.00 bits per heavy atom. The molecule has 2 heterocycles. The SMILES string of the molecule is Cc1ccc(-c2nn3c(SCC(=O)Nc4ccc(F)cc4)nc4ccccc4c3nc2=O)cc1. The lowest BCUT2D eigenvalue weighted by atomic mass is 10.1. The van der Waals surface area contributed by atoms with Crippen molar-refractivity contribution in [2.75, 3.05) is 11.1 Å². The predicted molar refractivity (Wildman–Crippen MR) is 130 cm³/mol. The van der Waals surface area contributed by atoms with E-state index in [1.165, 1.54) is 40.5 Å². The van der Waals surface area contributed by atoms with Crippen molar-refractivity contribution in [1.29, 1.82) is 0 Å². The molecule has 0 radical (unpaired) electrons. The number of anilines is 1. The van der Waals surface area contributed by atoms with E-state index in [1.54, 1.807) is 0 Å². The number of carbonyl (C=O) groups excluding carboxylic acids is 1. The lowest BCUT2D eigenvalue weighted by molar-refractivity contribution is -0.113. The lowest BCUT2D eigenvalue weighted by Crippen LogP contribution is -2.19. The van der Waals surface area contributed by atoms with Crippen LogP contribution >= 0.6 is 11.8 Å².